The summed E-state index contributed by atoms with van der Waals surface area (Å²) in [5, 5.41) is 1.15. The van der Waals surface area contributed by atoms with Gasteiger partial charge < -0.3 is 9.72 Å². The standard InChI is InChI=1S/C13H11N3O/c1-17-12-5-7-15-13(16-12)10-2-3-11-9(8-10)4-6-14-11/h2-8,14H,1H3. The van der Waals surface area contributed by atoms with Gasteiger partial charge in [0.1, 0.15) is 0 Å². The summed E-state index contributed by atoms with van der Waals surface area (Å²) < 4.78 is 5.09. The first kappa shape index (κ1) is 9.84. The van der Waals surface area contributed by atoms with Crippen LogP contribution in [-0.2, 0) is 0 Å². The largest absolute Gasteiger partial charge is 0.481 e. The Morgan fingerprint density at radius 3 is 3.00 bits per heavy atom. The van der Waals surface area contributed by atoms with Gasteiger partial charge in [-0.3, -0.25) is 0 Å². The lowest BCUT2D eigenvalue weighted by molar-refractivity contribution is 0.397. The van der Waals surface area contributed by atoms with Crippen LogP contribution in [-0.4, -0.2) is 22.1 Å². The van der Waals surface area contributed by atoms with Gasteiger partial charge in [-0.15, -0.1) is 0 Å². The molecule has 4 nitrogen and oxygen atoms in total. The monoisotopic (exact) mass is 225 g/mol. The average Bonchev–Trinajstić information content (AvgIpc) is 2.86. The number of nitrogens with zero attached hydrogens (tertiary/aromatic N) is 2. The molecule has 0 aliphatic heterocycles. The summed E-state index contributed by atoms with van der Waals surface area (Å²) in [5.41, 5.74) is 2.09. The van der Waals surface area contributed by atoms with Crippen molar-refractivity contribution in [3.05, 3.63) is 42.7 Å². The second kappa shape index (κ2) is 3.90. The number of benzene rings is 1. The van der Waals surface area contributed by atoms with E-state index in [-0.39, 0.29) is 0 Å². The number of hydrogen-bond donors (Lipinski definition) is 1. The molecule has 0 saturated carbocycles. The third-order valence-corrected chi connectivity index (χ3v) is 2.65. The van der Waals surface area contributed by atoms with Crippen molar-refractivity contribution in [1.82, 2.24) is 15.0 Å². The van der Waals surface area contributed by atoms with E-state index >= 15 is 0 Å². The van der Waals surface area contributed by atoms with Gasteiger partial charge in [0.15, 0.2) is 5.82 Å². The fourth-order valence-electron chi connectivity index (χ4n) is 1.79. The van der Waals surface area contributed by atoms with Gasteiger partial charge in [0.25, 0.3) is 0 Å². The molecule has 0 atom stereocenters. The molecule has 2 heterocycles. The molecule has 0 fully saturated rings. The summed E-state index contributed by atoms with van der Waals surface area (Å²) in [7, 11) is 1.60. The quantitative estimate of drug-likeness (QED) is 0.729. The molecule has 0 aliphatic carbocycles. The highest BCUT2D eigenvalue weighted by Crippen LogP contribution is 2.22. The van der Waals surface area contributed by atoms with Crippen molar-refractivity contribution in [3.8, 4) is 17.3 Å². The molecule has 17 heavy (non-hydrogen) atoms. The first-order chi connectivity index (χ1) is 8.36. The highest BCUT2D eigenvalue weighted by atomic mass is 16.5. The summed E-state index contributed by atoms with van der Waals surface area (Å²) in [6, 6.07) is 9.83. The molecule has 1 aromatic carbocycles. The highest BCUT2D eigenvalue weighted by Gasteiger charge is 2.04. The molecule has 1 N–H and O–H groups in total. The van der Waals surface area contributed by atoms with Crippen LogP contribution in [0.1, 0.15) is 0 Å². The Morgan fingerprint density at radius 2 is 2.12 bits per heavy atom. The van der Waals surface area contributed by atoms with Crippen LogP contribution in [0.25, 0.3) is 22.3 Å². The van der Waals surface area contributed by atoms with E-state index in [1.165, 1.54) is 0 Å². The normalized spacial score (nSPS) is 10.6. The van der Waals surface area contributed by atoms with Crippen LogP contribution in [0, 0.1) is 0 Å². The van der Waals surface area contributed by atoms with Gasteiger partial charge in [-0.25, -0.2) is 4.98 Å². The Hall–Kier alpha value is -2.36. The van der Waals surface area contributed by atoms with Gasteiger partial charge in [-0.2, -0.15) is 4.98 Å². The lowest BCUT2D eigenvalue weighted by Crippen LogP contribution is -1.92. The van der Waals surface area contributed by atoms with Crippen LogP contribution in [0.2, 0.25) is 0 Å². The molecule has 84 valence electrons. The molecule has 0 unspecified atom stereocenters. The Labute approximate surface area is 98.3 Å². The summed E-state index contributed by atoms with van der Waals surface area (Å²) in [6.45, 7) is 0. The average molecular weight is 225 g/mol. The predicted octanol–water partition coefficient (Wildman–Crippen LogP) is 2.63. The van der Waals surface area contributed by atoms with Crippen LogP contribution in [0.5, 0.6) is 5.88 Å². The van der Waals surface area contributed by atoms with Crippen LogP contribution >= 0.6 is 0 Å². The number of aromatic amines is 1. The Balaban J connectivity index is 2.12. The Morgan fingerprint density at radius 1 is 1.18 bits per heavy atom. The zero-order chi connectivity index (χ0) is 11.7. The maximum atomic E-state index is 5.09. The van der Waals surface area contributed by atoms with E-state index in [4.69, 9.17) is 4.74 Å². The fraction of sp³-hybridized carbons (Fsp3) is 0.0769. The van der Waals surface area contributed by atoms with E-state index < -0.39 is 0 Å². The fourth-order valence-corrected chi connectivity index (χ4v) is 1.79. The molecule has 3 rings (SSSR count). The number of rotatable bonds is 2. The molecule has 0 bridgehead atoms. The van der Waals surface area contributed by atoms with Gasteiger partial charge in [0, 0.05) is 34.9 Å². The summed E-state index contributed by atoms with van der Waals surface area (Å²) >= 11 is 0. The first-order valence-corrected chi connectivity index (χ1v) is 5.31. The van der Waals surface area contributed by atoms with Gasteiger partial charge in [-0.1, -0.05) is 0 Å². The zero-order valence-corrected chi connectivity index (χ0v) is 9.34. The van der Waals surface area contributed by atoms with Crippen LogP contribution < -0.4 is 4.74 Å². The van der Waals surface area contributed by atoms with Crippen molar-refractivity contribution >= 4 is 10.9 Å². The molecule has 0 spiro atoms. The third-order valence-electron chi connectivity index (χ3n) is 2.65. The molecule has 4 heteroatoms. The first-order valence-electron chi connectivity index (χ1n) is 5.31. The van der Waals surface area contributed by atoms with E-state index in [0.29, 0.717) is 11.7 Å². The maximum Gasteiger partial charge on any atom is 0.216 e. The van der Waals surface area contributed by atoms with E-state index in [1.54, 1.807) is 19.4 Å². The molecular formula is C13H11N3O. The number of fused-ring (bicyclic) bond motifs is 1. The smallest absolute Gasteiger partial charge is 0.216 e. The molecule has 0 amide bonds. The van der Waals surface area contributed by atoms with Crippen molar-refractivity contribution in [2.45, 2.75) is 0 Å². The lowest BCUT2D eigenvalue weighted by Gasteiger charge is -2.02. The van der Waals surface area contributed by atoms with E-state index in [9.17, 15) is 0 Å². The van der Waals surface area contributed by atoms with E-state index in [0.717, 1.165) is 16.5 Å². The van der Waals surface area contributed by atoms with Crippen molar-refractivity contribution in [3.63, 3.8) is 0 Å². The van der Waals surface area contributed by atoms with E-state index in [2.05, 4.69) is 21.0 Å². The number of ether oxygens (including phenoxy) is 1. The zero-order valence-electron chi connectivity index (χ0n) is 9.34. The topological polar surface area (TPSA) is 50.8 Å². The SMILES string of the molecule is COc1ccnc(-c2ccc3[nH]ccc3c2)n1. The van der Waals surface area contributed by atoms with Crippen molar-refractivity contribution in [2.75, 3.05) is 7.11 Å². The molecule has 2 aromatic heterocycles. The predicted molar refractivity (Wildman–Crippen MR) is 65.9 cm³/mol. The molecule has 0 aliphatic rings. The second-order valence-electron chi connectivity index (χ2n) is 3.70. The van der Waals surface area contributed by atoms with Gasteiger partial charge >= 0.3 is 0 Å². The van der Waals surface area contributed by atoms with Crippen LogP contribution in [0.4, 0.5) is 0 Å². The minimum Gasteiger partial charge on any atom is -0.481 e. The number of H-pyrrole nitrogens is 1. The number of nitrogens with one attached hydrogen (secondary N) is 1. The Kier molecular flexibility index (Phi) is 2.26. The summed E-state index contributed by atoms with van der Waals surface area (Å²) in [4.78, 5) is 11.7. The van der Waals surface area contributed by atoms with Crippen LogP contribution in [0.3, 0.4) is 0 Å². The van der Waals surface area contributed by atoms with Gasteiger partial charge in [0.05, 0.1) is 7.11 Å². The molecule has 0 radical (unpaired) electrons. The van der Waals surface area contributed by atoms with Crippen LogP contribution in [0.15, 0.2) is 42.7 Å². The second-order valence-corrected chi connectivity index (χ2v) is 3.70. The Bertz CT molecular complexity index is 660. The molecular weight excluding hydrogens is 214 g/mol. The van der Waals surface area contributed by atoms with E-state index in [1.807, 2.05) is 24.4 Å². The highest BCUT2D eigenvalue weighted by molar-refractivity contribution is 5.83. The third kappa shape index (κ3) is 1.73. The van der Waals surface area contributed by atoms with Gasteiger partial charge in [-0.05, 0) is 24.3 Å². The maximum absolute atomic E-state index is 5.09. The van der Waals surface area contributed by atoms with Crippen molar-refractivity contribution in [1.29, 1.82) is 0 Å². The summed E-state index contributed by atoms with van der Waals surface area (Å²) in [5.74, 6) is 1.25. The summed E-state index contributed by atoms with van der Waals surface area (Å²) in [6.07, 6.45) is 3.61. The number of methoxy groups -OCH3 is 1. The van der Waals surface area contributed by atoms with Gasteiger partial charge in [0.2, 0.25) is 5.88 Å². The molecule has 3 aromatic rings. The number of aromatic nitrogens is 3. The molecule has 0 saturated heterocycles. The number of hydrogen-bond acceptors (Lipinski definition) is 3. The minimum atomic E-state index is 0.573. The minimum absolute atomic E-state index is 0.573. The van der Waals surface area contributed by atoms with Crippen molar-refractivity contribution in [2.24, 2.45) is 0 Å². The lowest BCUT2D eigenvalue weighted by atomic mass is 10.1. The van der Waals surface area contributed by atoms with Crippen molar-refractivity contribution < 1.29 is 4.74 Å².